The maximum absolute atomic E-state index is 12.1. The second-order valence-electron chi connectivity index (χ2n) is 5.62. The number of likely N-dealkylation sites (N-methyl/N-ethyl adjacent to an activating group) is 1. The molecule has 20 heavy (non-hydrogen) atoms. The first-order valence-corrected chi connectivity index (χ1v) is 7.42. The molecule has 1 amide bonds. The van der Waals surface area contributed by atoms with Crippen LogP contribution in [-0.2, 0) is 4.79 Å². The third-order valence-electron chi connectivity index (χ3n) is 3.96. The number of carbonyl (C=O) groups is 1. The van der Waals surface area contributed by atoms with Gasteiger partial charge in [-0.15, -0.1) is 0 Å². The van der Waals surface area contributed by atoms with Crippen LogP contribution in [0.2, 0.25) is 0 Å². The molecule has 110 valence electrons. The van der Waals surface area contributed by atoms with Crippen molar-refractivity contribution in [1.29, 1.82) is 0 Å². The van der Waals surface area contributed by atoms with E-state index in [4.69, 9.17) is 0 Å². The zero-order valence-corrected chi connectivity index (χ0v) is 12.4. The van der Waals surface area contributed by atoms with E-state index in [-0.39, 0.29) is 11.9 Å². The first kappa shape index (κ1) is 15.0. The van der Waals surface area contributed by atoms with Gasteiger partial charge in [0.05, 0.1) is 12.6 Å². The number of amides is 1. The maximum atomic E-state index is 12.1. The van der Waals surface area contributed by atoms with Crippen LogP contribution in [0.25, 0.3) is 0 Å². The average molecular weight is 275 g/mol. The molecule has 1 aromatic rings. The highest BCUT2D eigenvalue weighted by atomic mass is 16.2. The molecule has 0 saturated carbocycles. The topological polar surface area (TPSA) is 44.4 Å². The number of nitrogens with zero attached hydrogens (tertiary/aromatic N) is 1. The minimum Gasteiger partial charge on any atom is -0.348 e. The lowest BCUT2D eigenvalue weighted by Gasteiger charge is -2.31. The van der Waals surface area contributed by atoms with Crippen molar-refractivity contribution in [2.45, 2.75) is 31.8 Å². The summed E-state index contributed by atoms with van der Waals surface area (Å²) < 4.78 is 0. The predicted molar refractivity (Wildman–Crippen MR) is 81.5 cm³/mol. The summed E-state index contributed by atoms with van der Waals surface area (Å²) in [5.74, 6) is 0.0921. The number of hydrogen-bond acceptors (Lipinski definition) is 3. The molecule has 1 saturated heterocycles. The number of nitrogens with one attached hydrogen (secondary N) is 2. The van der Waals surface area contributed by atoms with Crippen LogP contribution in [0.3, 0.4) is 0 Å². The van der Waals surface area contributed by atoms with Gasteiger partial charge in [0.1, 0.15) is 0 Å². The lowest BCUT2D eigenvalue weighted by Crippen LogP contribution is -2.47. The van der Waals surface area contributed by atoms with E-state index in [0.29, 0.717) is 12.6 Å². The summed E-state index contributed by atoms with van der Waals surface area (Å²) in [5.41, 5.74) is 1.14. The van der Waals surface area contributed by atoms with E-state index in [1.54, 1.807) is 0 Å². The van der Waals surface area contributed by atoms with Crippen LogP contribution in [0.4, 0.5) is 0 Å². The highest BCUT2D eigenvalue weighted by Gasteiger charge is 2.20. The van der Waals surface area contributed by atoms with Crippen molar-refractivity contribution in [3.05, 3.63) is 35.9 Å². The Morgan fingerprint density at radius 1 is 1.45 bits per heavy atom. The average Bonchev–Trinajstić information content (AvgIpc) is 2.49. The molecule has 2 unspecified atom stereocenters. The number of carbonyl (C=O) groups excluding carboxylic acids is 1. The van der Waals surface area contributed by atoms with Gasteiger partial charge in [0, 0.05) is 12.6 Å². The molecule has 0 aliphatic carbocycles. The quantitative estimate of drug-likeness (QED) is 0.857. The number of piperidine rings is 1. The molecule has 1 fully saturated rings. The van der Waals surface area contributed by atoms with E-state index in [9.17, 15) is 4.79 Å². The fraction of sp³-hybridized carbons (Fsp3) is 0.562. The summed E-state index contributed by atoms with van der Waals surface area (Å²) in [7, 11) is 2.03. The zero-order valence-electron chi connectivity index (χ0n) is 12.4. The van der Waals surface area contributed by atoms with Crippen LogP contribution >= 0.6 is 0 Å². The summed E-state index contributed by atoms with van der Waals surface area (Å²) in [6, 6.07) is 10.6. The van der Waals surface area contributed by atoms with E-state index >= 15 is 0 Å². The van der Waals surface area contributed by atoms with Gasteiger partial charge in [-0.2, -0.15) is 0 Å². The Kier molecular flexibility index (Phi) is 5.56. The molecule has 4 heteroatoms. The Balaban J connectivity index is 1.79. The fourth-order valence-electron chi connectivity index (χ4n) is 2.68. The Morgan fingerprint density at radius 3 is 2.85 bits per heavy atom. The third kappa shape index (κ3) is 4.32. The van der Waals surface area contributed by atoms with E-state index in [1.807, 2.05) is 44.3 Å². The van der Waals surface area contributed by atoms with Gasteiger partial charge in [0.2, 0.25) is 5.91 Å². The van der Waals surface area contributed by atoms with Crippen molar-refractivity contribution < 1.29 is 4.79 Å². The standard InChI is InChI=1S/C16H25N3O/c1-13(14-7-4-3-5-8-14)18-16(20)12-19(2)15-9-6-10-17-11-15/h3-5,7-8,13,15,17H,6,9-12H2,1-2H3,(H,18,20). The van der Waals surface area contributed by atoms with Crippen molar-refractivity contribution in [2.75, 3.05) is 26.7 Å². The van der Waals surface area contributed by atoms with Gasteiger partial charge < -0.3 is 10.6 Å². The Hall–Kier alpha value is -1.39. The summed E-state index contributed by atoms with van der Waals surface area (Å²) in [5, 5.41) is 6.45. The number of hydrogen-bond donors (Lipinski definition) is 2. The molecular weight excluding hydrogens is 250 g/mol. The van der Waals surface area contributed by atoms with Crippen molar-refractivity contribution in [1.82, 2.24) is 15.5 Å². The summed E-state index contributed by atoms with van der Waals surface area (Å²) in [6.45, 7) is 4.57. The van der Waals surface area contributed by atoms with Crippen LogP contribution in [-0.4, -0.2) is 43.5 Å². The van der Waals surface area contributed by atoms with Crippen LogP contribution in [0.15, 0.2) is 30.3 Å². The molecule has 1 heterocycles. The van der Waals surface area contributed by atoms with Crippen LogP contribution in [0, 0.1) is 0 Å². The van der Waals surface area contributed by atoms with Crippen molar-refractivity contribution in [2.24, 2.45) is 0 Å². The van der Waals surface area contributed by atoms with Crippen LogP contribution in [0.1, 0.15) is 31.4 Å². The number of rotatable bonds is 5. The molecule has 1 aliphatic rings. The predicted octanol–water partition coefficient (Wildman–Crippen LogP) is 1.55. The van der Waals surface area contributed by atoms with Gasteiger partial charge in [0.15, 0.2) is 0 Å². The molecule has 0 aromatic heterocycles. The SMILES string of the molecule is CC(NC(=O)CN(C)C1CCCNC1)c1ccccc1. The van der Waals surface area contributed by atoms with Gasteiger partial charge in [-0.3, -0.25) is 9.69 Å². The molecule has 0 spiro atoms. The van der Waals surface area contributed by atoms with Crippen molar-refractivity contribution in [3.63, 3.8) is 0 Å². The first-order chi connectivity index (χ1) is 9.66. The zero-order chi connectivity index (χ0) is 14.4. The normalized spacial score (nSPS) is 20.6. The smallest absolute Gasteiger partial charge is 0.234 e. The Bertz CT molecular complexity index is 415. The van der Waals surface area contributed by atoms with Crippen molar-refractivity contribution in [3.8, 4) is 0 Å². The number of benzene rings is 1. The monoisotopic (exact) mass is 275 g/mol. The maximum Gasteiger partial charge on any atom is 0.234 e. The lowest BCUT2D eigenvalue weighted by molar-refractivity contribution is -0.123. The molecule has 2 N–H and O–H groups in total. The first-order valence-electron chi connectivity index (χ1n) is 7.42. The summed E-state index contributed by atoms with van der Waals surface area (Å²) in [6.07, 6.45) is 2.36. The molecule has 4 nitrogen and oxygen atoms in total. The minimum absolute atomic E-state index is 0.0570. The molecule has 1 aliphatic heterocycles. The highest BCUT2D eigenvalue weighted by molar-refractivity contribution is 5.78. The third-order valence-corrected chi connectivity index (χ3v) is 3.96. The van der Waals surface area contributed by atoms with Gasteiger partial charge >= 0.3 is 0 Å². The molecule has 0 radical (unpaired) electrons. The van der Waals surface area contributed by atoms with E-state index in [2.05, 4.69) is 15.5 Å². The molecule has 2 rings (SSSR count). The molecule has 1 aromatic carbocycles. The minimum atomic E-state index is 0.0570. The highest BCUT2D eigenvalue weighted by Crippen LogP contribution is 2.12. The second-order valence-corrected chi connectivity index (χ2v) is 5.62. The van der Waals surface area contributed by atoms with Gasteiger partial charge in [0.25, 0.3) is 0 Å². The van der Waals surface area contributed by atoms with E-state index in [1.165, 1.54) is 12.8 Å². The molecule has 0 bridgehead atoms. The summed E-state index contributed by atoms with van der Waals surface area (Å²) in [4.78, 5) is 14.3. The lowest BCUT2D eigenvalue weighted by atomic mass is 10.1. The molecule has 2 atom stereocenters. The van der Waals surface area contributed by atoms with Gasteiger partial charge in [-0.25, -0.2) is 0 Å². The Morgan fingerprint density at radius 2 is 2.20 bits per heavy atom. The van der Waals surface area contributed by atoms with E-state index in [0.717, 1.165) is 18.7 Å². The summed E-state index contributed by atoms with van der Waals surface area (Å²) >= 11 is 0. The van der Waals surface area contributed by atoms with Gasteiger partial charge in [-0.05, 0) is 38.9 Å². The molecular formula is C16H25N3O. The van der Waals surface area contributed by atoms with Crippen molar-refractivity contribution >= 4 is 5.91 Å². The largest absolute Gasteiger partial charge is 0.348 e. The fourth-order valence-corrected chi connectivity index (χ4v) is 2.68. The van der Waals surface area contributed by atoms with E-state index < -0.39 is 0 Å². The van der Waals surface area contributed by atoms with Crippen LogP contribution in [0.5, 0.6) is 0 Å². The van der Waals surface area contributed by atoms with Crippen LogP contribution < -0.4 is 10.6 Å². The Labute approximate surface area is 121 Å². The second kappa shape index (κ2) is 7.41. The van der Waals surface area contributed by atoms with Gasteiger partial charge in [-0.1, -0.05) is 30.3 Å².